The van der Waals surface area contributed by atoms with Crippen LogP contribution in [-0.4, -0.2) is 25.5 Å². The van der Waals surface area contributed by atoms with Gasteiger partial charge in [-0.15, -0.1) is 0 Å². The summed E-state index contributed by atoms with van der Waals surface area (Å²) in [5.74, 6) is 0.314. The van der Waals surface area contributed by atoms with E-state index in [0.29, 0.717) is 17.4 Å². The highest BCUT2D eigenvalue weighted by atomic mass is 79.9. The third-order valence-corrected chi connectivity index (χ3v) is 4.77. The minimum absolute atomic E-state index is 0.194. The normalized spacial score (nSPS) is 11.6. The fraction of sp³-hybridized carbons (Fsp3) is 0.278. The molecule has 2 heterocycles. The molecule has 1 amide bonds. The van der Waals surface area contributed by atoms with Crippen LogP contribution in [-0.2, 0) is 16.9 Å². The Morgan fingerprint density at radius 1 is 1.35 bits per heavy atom. The Kier molecular flexibility index (Phi) is 5.20. The van der Waals surface area contributed by atoms with E-state index in [1.807, 2.05) is 41.9 Å². The molecule has 8 heteroatoms. The summed E-state index contributed by atoms with van der Waals surface area (Å²) in [6, 6.07) is 9.48. The van der Waals surface area contributed by atoms with Crippen molar-refractivity contribution in [1.82, 2.24) is 19.6 Å². The van der Waals surface area contributed by atoms with Gasteiger partial charge in [-0.3, -0.25) is 14.2 Å². The molecule has 6 nitrogen and oxygen atoms in total. The number of carbonyl (C=O) groups is 1. The molecule has 0 bridgehead atoms. The molecule has 0 fully saturated rings. The minimum atomic E-state index is -0.851. The molecular formula is C18H19BrClN5O. The number of aromatic nitrogens is 4. The van der Waals surface area contributed by atoms with Gasteiger partial charge in [0.2, 0.25) is 0 Å². The predicted molar refractivity (Wildman–Crippen MR) is 105 cm³/mol. The van der Waals surface area contributed by atoms with Crippen LogP contribution in [0.3, 0.4) is 0 Å². The molecule has 0 saturated heterocycles. The number of halogens is 2. The highest BCUT2D eigenvalue weighted by molar-refractivity contribution is 9.10. The second kappa shape index (κ2) is 7.25. The molecule has 136 valence electrons. The molecule has 0 saturated carbocycles. The Bertz CT molecular complexity index is 947. The van der Waals surface area contributed by atoms with Crippen molar-refractivity contribution in [3.63, 3.8) is 0 Å². The molecular weight excluding hydrogens is 418 g/mol. The first-order valence-electron chi connectivity index (χ1n) is 8.07. The lowest BCUT2D eigenvalue weighted by Gasteiger charge is -2.23. The first-order valence-corrected chi connectivity index (χ1v) is 9.24. The summed E-state index contributed by atoms with van der Waals surface area (Å²) in [5, 5.41) is 12.3. The van der Waals surface area contributed by atoms with E-state index < -0.39 is 5.54 Å². The summed E-state index contributed by atoms with van der Waals surface area (Å²) in [4.78, 5) is 12.7. The van der Waals surface area contributed by atoms with E-state index in [-0.39, 0.29) is 5.91 Å². The second-order valence-corrected chi connectivity index (χ2v) is 7.93. The first-order chi connectivity index (χ1) is 12.3. The standard InChI is InChI=1S/C18H19BrClN5O/c1-12-7-16(23-24(12)10-13-5-4-6-15(20)8-13)22-17(26)18(2,3)25-11-14(19)9-21-25/h4-9,11H,10H2,1-3H3,(H,22,23,26). The highest BCUT2D eigenvalue weighted by Crippen LogP contribution is 2.21. The zero-order valence-electron chi connectivity index (χ0n) is 14.7. The number of nitrogens with one attached hydrogen (secondary N) is 1. The predicted octanol–water partition coefficient (Wildman–Crippen LogP) is 4.23. The van der Waals surface area contributed by atoms with E-state index in [4.69, 9.17) is 11.6 Å². The van der Waals surface area contributed by atoms with E-state index in [1.165, 1.54) is 0 Å². The van der Waals surface area contributed by atoms with Crippen LogP contribution in [0.2, 0.25) is 5.02 Å². The van der Waals surface area contributed by atoms with Gasteiger partial charge in [0.25, 0.3) is 5.91 Å². The van der Waals surface area contributed by atoms with E-state index >= 15 is 0 Å². The maximum Gasteiger partial charge on any atom is 0.252 e. The molecule has 0 atom stereocenters. The number of aryl methyl sites for hydroxylation is 1. The maximum absolute atomic E-state index is 12.7. The Morgan fingerprint density at radius 2 is 2.12 bits per heavy atom. The van der Waals surface area contributed by atoms with Gasteiger partial charge in [0.1, 0.15) is 5.54 Å². The number of hydrogen-bond acceptors (Lipinski definition) is 3. The first kappa shape index (κ1) is 18.7. The third-order valence-electron chi connectivity index (χ3n) is 4.12. The highest BCUT2D eigenvalue weighted by Gasteiger charge is 2.31. The van der Waals surface area contributed by atoms with Crippen molar-refractivity contribution in [1.29, 1.82) is 0 Å². The van der Waals surface area contributed by atoms with Gasteiger partial charge in [-0.1, -0.05) is 23.7 Å². The third kappa shape index (κ3) is 3.99. The van der Waals surface area contributed by atoms with Crippen LogP contribution in [0.4, 0.5) is 5.82 Å². The molecule has 0 aliphatic carbocycles. The van der Waals surface area contributed by atoms with E-state index in [1.54, 1.807) is 30.9 Å². The van der Waals surface area contributed by atoms with Crippen LogP contribution in [0, 0.1) is 6.92 Å². The summed E-state index contributed by atoms with van der Waals surface area (Å²) in [6.45, 7) is 6.13. The summed E-state index contributed by atoms with van der Waals surface area (Å²) in [6.07, 6.45) is 3.42. The Morgan fingerprint density at radius 3 is 2.77 bits per heavy atom. The number of rotatable bonds is 5. The van der Waals surface area contributed by atoms with Crippen LogP contribution in [0.15, 0.2) is 47.2 Å². The van der Waals surface area contributed by atoms with Gasteiger partial charge in [0.05, 0.1) is 17.2 Å². The van der Waals surface area contributed by atoms with Crippen LogP contribution in [0.25, 0.3) is 0 Å². The fourth-order valence-corrected chi connectivity index (χ4v) is 3.02. The summed E-state index contributed by atoms with van der Waals surface area (Å²) in [7, 11) is 0. The van der Waals surface area contributed by atoms with Crippen molar-refractivity contribution in [2.24, 2.45) is 0 Å². The summed E-state index contributed by atoms with van der Waals surface area (Å²) in [5.41, 5.74) is 1.14. The quantitative estimate of drug-likeness (QED) is 0.651. The van der Waals surface area contributed by atoms with Gasteiger partial charge in [-0.25, -0.2) is 0 Å². The smallest absolute Gasteiger partial charge is 0.252 e. The molecule has 1 N–H and O–H groups in total. The Hall–Kier alpha value is -2.12. The van der Waals surface area contributed by atoms with Gasteiger partial charge < -0.3 is 5.32 Å². The molecule has 1 aromatic carbocycles. The Balaban J connectivity index is 1.75. The molecule has 0 aliphatic rings. The molecule has 2 aromatic heterocycles. The molecule has 0 aliphatic heterocycles. The zero-order valence-corrected chi connectivity index (χ0v) is 17.0. The summed E-state index contributed by atoms with van der Waals surface area (Å²) < 4.78 is 4.26. The van der Waals surface area contributed by atoms with Crippen LogP contribution in [0.1, 0.15) is 25.1 Å². The lowest BCUT2D eigenvalue weighted by atomic mass is 10.1. The van der Waals surface area contributed by atoms with Gasteiger partial charge in [0.15, 0.2) is 5.82 Å². The monoisotopic (exact) mass is 435 g/mol. The van der Waals surface area contributed by atoms with Gasteiger partial charge in [-0.2, -0.15) is 10.2 Å². The number of anilines is 1. The molecule has 26 heavy (non-hydrogen) atoms. The van der Waals surface area contributed by atoms with E-state index in [2.05, 4.69) is 31.4 Å². The second-order valence-electron chi connectivity index (χ2n) is 6.57. The van der Waals surface area contributed by atoms with Crippen molar-refractivity contribution in [3.05, 3.63) is 63.5 Å². The van der Waals surface area contributed by atoms with Crippen LogP contribution >= 0.6 is 27.5 Å². The molecule has 0 radical (unpaired) electrons. The van der Waals surface area contributed by atoms with Crippen molar-refractivity contribution < 1.29 is 4.79 Å². The van der Waals surface area contributed by atoms with Gasteiger partial charge in [-0.05, 0) is 54.4 Å². The zero-order chi connectivity index (χ0) is 18.9. The number of nitrogens with zero attached hydrogens (tertiary/aromatic N) is 4. The van der Waals surface area contributed by atoms with E-state index in [0.717, 1.165) is 15.7 Å². The maximum atomic E-state index is 12.7. The summed E-state index contributed by atoms with van der Waals surface area (Å²) >= 11 is 9.39. The largest absolute Gasteiger partial charge is 0.307 e. The van der Waals surface area contributed by atoms with Crippen molar-refractivity contribution in [3.8, 4) is 0 Å². The average molecular weight is 437 g/mol. The SMILES string of the molecule is Cc1cc(NC(=O)C(C)(C)n2cc(Br)cn2)nn1Cc1cccc(Cl)c1. The lowest BCUT2D eigenvalue weighted by molar-refractivity contribution is -0.123. The van der Waals surface area contributed by atoms with Crippen molar-refractivity contribution in [2.45, 2.75) is 32.9 Å². The molecule has 3 rings (SSSR count). The van der Waals surface area contributed by atoms with Gasteiger partial charge >= 0.3 is 0 Å². The van der Waals surface area contributed by atoms with Crippen molar-refractivity contribution in [2.75, 3.05) is 5.32 Å². The average Bonchev–Trinajstić information content (AvgIpc) is 3.14. The fourth-order valence-electron chi connectivity index (χ4n) is 2.52. The topological polar surface area (TPSA) is 64.7 Å². The Labute approximate surface area is 165 Å². The number of amides is 1. The minimum Gasteiger partial charge on any atom is -0.307 e. The lowest BCUT2D eigenvalue weighted by Crippen LogP contribution is -2.40. The van der Waals surface area contributed by atoms with Crippen LogP contribution in [0.5, 0.6) is 0 Å². The number of hydrogen-bond donors (Lipinski definition) is 1. The number of carbonyl (C=O) groups excluding carboxylic acids is 1. The molecule has 0 spiro atoms. The number of benzene rings is 1. The van der Waals surface area contributed by atoms with Gasteiger partial charge in [0, 0.05) is 23.0 Å². The van der Waals surface area contributed by atoms with Crippen molar-refractivity contribution >= 4 is 39.3 Å². The van der Waals surface area contributed by atoms with E-state index in [9.17, 15) is 4.79 Å². The molecule has 3 aromatic rings. The van der Waals surface area contributed by atoms with Crippen LogP contribution < -0.4 is 5.32 Å². The molecule has 0 unspecified atom stereocenters.